The minimum absolute atomic E-state index is 1.20. The SMILES string of the molecule is c1cc(-c2cccc(-c3cc4c5ccccc5c5ccccc5c4c4ccccc34)c2)cc(-c2cccc(-c3cc4c5ccccc5c5ccccc5c4c4ccccc34)c2)c1. The molecule has 0 aliphatic carbocycles. The van der Waals surface area contributed by atoms with Gasteiger partial charge in [-0.25, -0.2) is 0 Å². The molecule has 0 nitrogen and oxygen atoms in total. The van der Waals surface area contributed by atoms with Gasteiger partial charge in [-0.1, -0.05) is 200 Å². The molecule has 0 atom stereocenters. The van der Waals surface area contributed by atoms with Gasteiger partial charge in [0.15, 0.2) is 0 Å². The van der Waals surface area contributed by atoms with Crippen molar-refractivity contribution in [2.75, 3.05) is 0 Å². The highest BCUT2D eigenvalue weighted by Crippen LogP contribution is 2.45. The maximum Gasteiger partial charge on any atom is -0.00199 e. The van der Waals surface area contributed by atoms with Crippen molar-refractivity contribution >= 4 is 86.2 Å². The summed E-state index contributed by atoms with van der Waals surface area (Å²) in [6, 6.07) is 85.5. The first-order chi connectivity index (χ1) is 30.8. The molecule has 13 aromatic rings. The second-order valence-electron chi connectivity index (χ2n) is 16.7. The molecule has 0 heterocycles. The Morgan fingerprint density at radius 1 is 0.145 bits per heavy atom. The second kappa shape index (κ2) is 13.7. The molecular formula is C62H38. The van der Waals surface area contributed by atoms with Crippen molar-refractivity contribution < 1.29 is 0 Å². The van der Waals surface area contributed by atoms with Crippen molar-refractivity contribution in [3.8, 4) is 44.5 Å². The number of hydrogen-bond donors (Lipinski definition) is 0. The third kappa shape index (κ3) is 5.27. The van der Waals surface area contributed by atoms with Crippen molar-refractivity contribution in [3.05, 3.63) is 231 Å². The van der Waals surface area contributed by atoms with E-state index < -0.39 is 0 Å². The number of benzene rings is 13. The summed E-state index contributed by atoms with van der Waals surface area (Å²) in [5, 5.41) is 20.7. The molecule has 0 spiro atoms. The van der Waals surface area contributed by atoms with E-state index in [-0.39, 0.29) is 0 Å². The molecule has 13 aromatic carbocycles. The van der Waals surface area contributed by atoms with Gasteiger partial charge >= 0.3 is 0 Å². The van der Waals surface area contributed by atoms with Crippen molar-refractivity contribution in [1.82, 2.24) is 0 Å². The molecule has 0 N–H and O–H groups in total. The maximum atomic E-state index is 2.44. The summed E-state index contributed by atoms with van der Waals surface area (Å²) in [7, 11) is 0. The Balaban J connectivity index is 0.946. The Morgan fingerprint density at radius 3 is 0.710 bits per heavy atom. The van der Waals surface area contributed by atoms with Crippen molar-refractivity contribution in [1.29, 1.82) is 0 Å². The lowest BCUT2D eigenvalue weighted by atomic mass is 9.86. The molecule has 0 saturated carbocycles. The van der Waals surface area contributed by atoms with E-state index in [1.807, 2.05) is 0 Å². The lowest BCUT2D eigenvalue weighted by Gasteiger charge is -2.17. The fourth-order valence-electron chi connectivity index (χ4n) is 10.6. The van der Waals surface area contributed by atoms with Gasteiger partial charge in [0.2, 0.25) is 0 Å². The first-order valence-electron chi connectivity index (χ1n) is 21.6. The predicted molar refractivity (Wildman–Crippen MR) is 268 cm³/mol. The predicted octanol–water partition coefficient (Wildman–Crippen LogP) is 17.6. The van der Waals surface area contributed by atoms with Crippen LogP contribution in [-0.2, 0) is 0 Å². The summed E-state index contributed by atoms with van der Waals surface area (Å²) < 4.78 is 0. The topological polar surface area (TPSA) is 0 Å². The van der Waals surface area contributed by atoms with Gasteiger partial charge in [0.05, 0.1) is 0 Å². The minimum Gasteiger partial charge on any atom is -0.0616 e. The number of rotatable bonds is 4. The summed E-state index contributed by atoms with van der Waals surface area (Å²) >= 11 is 0. The molecule has 0 bridgehead atoms. The van der Waals surface area contributed by atoms with Gasteiger partial charge in [0.1, 0.15) is 0 Å². The highest BCUT2D eigenvalue weighted by atomic mass is 14.2. The zero-order valence-electron chi connectivity index (χ0n) is 33.9. The lowest BCUT2D eigenvalue weighted by molar-refractivity contribution is 1.58. The molecule has 0 heteroatoms. The van der Waals surface area contributed by atoms with Gasteiger partial charge in [0, 0.05) is 0 Å². The highest BCUT2D eigenvalue weighted by molar-refractivity contribution is 6.34. The van der Waals surface area contributed by atoms with E-state index in [0.717, 1.165) is 0 Å². The average Bonchev–Trinajstić information content (AvgIpc) is 3.36. The van der Waals surface area contributed by atoms with Gasteiger partial charge in [-0.3, -0.25) is 0 Å². The van der Waals surface area contributed by atoms with Crippen molar-refractivity contribution in [2.45, 2.75) is 0 Å². The molecule has 0 unspecified atom stereocenters. The van der Waals surface area contributed by atoms with Crippen LogP contribution in [0.25, 0.3) is 131 Å². The Kier molecular flexibility index (Phi) is 7.71. The van der Waals surface area contributed by atoms with Crippen LogP contribution in [-0.4, -0.2) is 0 Å². The van der Waals surface area contributed by atoms with E-state index in [2.05, 4.69) is 231 Å². The Bertz CT molecular complexity index is 3720. The van der Waals surface area contributed by atoms with Gasteiger partial charge < -0.3 is 0 Å². The molecule has 62 heavy (non-hydrogen) atoms. The highest BCUT2D eigenvalue weighted by Gasteiger charge is 2.17. The maximum absolute atomic E-state index is 2.44. The van der Waals surface area contributed by atoms with Gasteiger partial charge in [0.25, 0.3) is 0 Å². The summed E-state index contributed by atoms with van der Waals surface area (Å²) in [5.74, 6) is 0. The van der Waals surface area contributed by atoms with Crippen LogP contribution in [0.2, 0.25) is 0 Å². The van der Waals surface area contributed by atoms with E-state index >= 15 is 0 Å². The molecule has 0 aliphatic heterocycles. The molecular weight excluding hydrogens is 745 g/mol. The first-order valence-corrected chi connectivity index (χ1v) is 21.6. The largest absolute Gasteiger partial charge is 0.0616 e. The van der Waals surface area contributed by atoms with Crippen LogP contribution >= 0.6 is 0 Å². The van der Waals surface area contributed by atoms with Crippen molar-refractivity contribution in [3.63, 3.8) is 0 Å². The van der Waals surface area contributed by atoms with Crippen LogP contribution in [0, 0.1) is 0 Å². The Labute approximate surface area is 359 Å². The lowest BCUT2D eigenvalue weighted by Crippen LogP contribution is -1.89. The summed E-state index contributed by atoms with van der Waals surface area (Å²) in [6.45, 7) is 0. The van der Waals surface area contributed by atoms with Crippen LogP contribution in [0.3, 0.4) is 0 Å². The van der Waals surface area contributed by atoms with E-state index in [0.29, 0.717) is 0 Å². The molecule has 0 aromatic heterocycles. The minimum atomic E-state index is 1.20. The number of fused-ring (bicyclic) bond motifs is 16. The monoisotopic (exact) mass is 782 g/mol. The molecule has 0 radical (unpaired) electrons. The average molecular weight is 783 g/mol. The number of hydrogen-bond acceptors (Lipinski definition) is 0. The van der Waals surface area contributed by atoms with E-state index in [9.17, 15) is 0 Å². The second-order valence-corrected chi connectivity index (χ2v) is 16.7. The van der Waals surface area contributed by atoms with Crippen LogP contribution in [0.4, 0.5) is 0 Å². The third-order valence-corrected chi connectivity index (χ3v) is 13.4. The molecule has 0 aliphatic rings. The molecule has 0 saturated heterocycles. The van der Waals surface area contributed by atoms with Crippen LogP contribution in [0.15, 0.2) is 231 Å². The van der Waals surface area contributed by atoms with Gasteiger partial charge in [-0.05, 0) is 161 Å². The van der Waals surface area contributed by atoms with E-state index in [1.54, 1.807) is 0 Å². The van der Waals surface area contributed by atoms with Gasteiger partial charge in [-0.2, -0.15) is 0 Å². The van der Waals surface area contributed by atoms with Crippen LogP contribution in [0.1, 0.15) is 0 Å². The molecule has 0 fully saturated rings. The van der Waals surface area contributed by atoms with Crippen LogP contribution < -0.4 is 0 Å². The smallest absolute Gasteiger partial charge is 0.00199 e. The quantitative estimate of drug-likeness (QED) is 0.156. The first kappa shape index (κ1) is 34.8. The fourth-order valence-corrected chi connectivity index (χ4v) is 10.6. The standard InChI is InChI=1S/C62H38/c1-3-26-49-45(22-1)47-24-5-9-30-53(47)61-55-32-11-7-28-51(55)57(37-59(49)61)43-20-14-18-41(35-43)39-16-13-17-40(34-39)42-19-15-21-44(36-42)58-38-60-50-27-4-2-23-46(50)48-25-6-10-31-54(48)62(60)56-33-12-8-29-52(56)58/h1-38H. The normalized spacial score (nSPS) is 11.9. The fraction of sp³-hybridized carbons (Fsp3) is 0. The summed E-state index contributed by atoms with van der Waals surface area (Å²) in [4.78, 5) is 0. The summed E-state index contributed by atoms with van der Waals surface area (Å²) in [6.07, 6.45) is 0. The zero-order chi connectivity index (χ0) is 40.7. The molecule has 0 amide bonds. The van der Waals surface area contributed by atoms with Crippen molar-refractivity contribution in [2.24, 2.45) is 0 Å². The van der Waals surface area contributed by atoms with Gasteiger partial charge in [-0.15, -0.1) is 0 Å². The Morgan fingerprint density at radius 2 is 0.371 bits per heavy atom. The molecule has 13 rings (SSSR count). The summed E-state index contributed by atoms with van der Waals surface area (Å²) in [5.41, 5.74) is 9.74. The van der Waals surface area contributed by atoms with Crippen LogP contribution in [0.5, 0.6) is 0 Å². The third-order valence-electron chi connectivity index (χ3n) is 13.4. The van der Waals surface area contributed by atoms with E-state index in [4.69, 9.17) is 0 Å². The zero-order valence-corrected chi connectivity index (χ0v) is 33.9. The molecule has 286 valence electrons. The van der Waals surface area contributed by atoms with E-state index in [1.165, 1.54) is 131 Å². The Hall–Kier alpha value is -8.06.